The summed E-state index contributed by atoms with van der Waals surface area (Å²) < 4.78 is 7.27. The molecule has 6 nitrogen and oxygen atoms in total. The van der Waals surface area contributed by atoms with Crippen molar-refractivity contribution in [1.29, 1.82) is 0 Å². The van der Waals surface area contributed by atoms with Crippen molar-refractivity contribution < 1.29 is 9.53 Å². The molecule has 0 aliphatic heterocycles. The van der Waals surface area contributed by atoms with Gasteiger partial charge < -0.3 is 9.64 Å². The van der Waals surface area contributed by atoms with Gasteiger partial charge in [-0.05, 0) is 66.1 Å². The van der Waals surface area contributed by atoms with Crippen molar-refractivity contribution in [2.45, 2.75) is 71.6 Å². The number of thiophene rings is 1. The molecule has 1 aliphatic carbocycles. The van der Waals surface area contributed by atoms with Gasteiger partial charge in [-0.1, -0.05) is 6.42 Å². The lowest BCUT2D eigenvalue weighted by molar-refractivity contribution is -0.154. The van der Waals surface area contributed by atoms with E-state index in [1.54, 1.807) is 6.92 Å². The van der Waals surface area contributed by atoms with Gasteiger partial charge in [0.05, 0.1) is 11.9 Å². The highest BCUT2D eigenvalue weighted by Gasteiger charge is 2.27. The molecule has 0 bridgehead atoms. The molecule has 1 fully saturated rings. The third-order valence-electron chi connectivity index (χ3n) is 5.33. The van der Waals surface area contributed by atoms with E-state index in [1.807, 2.05) is 32.8 Å². The molecule has 0 saturated heterocycles. The van der Waals surface area contributed by atoms with Crippen LogP contribution in [0.5, 0.6) is 0 Å². The second-order valence-electron chi connectivity index (χ2n) is 7.78. The highest BCUT2D eigenvalue weighted by atomic mass is 32.1. The predicted molar refractivity (Wildman–Crippen MR) is 108 cm³/mol. The Balaban J connectivity index is 2.01. The molecular formula is C20H29N3O3S. The topological polar surface area (TPSA) is 64.4 Å². The van der Waals surface area contributed by atoms with E-state index in [-0.39, 0.29) is 17.6 Å². The van der Waals surface area contributed by atoms with Crippen molar-refractivity contribution in [1.82, 2.24) is 14.5 Å². The number of aryl methyl sites for hydroxylation is 2. The standard InChI is InChI=1S/C20H29N3O3S/c1-12-14(3)27-18-17(12)19(24)23(16(21-18)11-22(4)5)13(2)20(25)26-15-9-7-6-8-10-15/h13,15H,6-11H2,1-5H3. The summed E-state index contributed by atoms with van der Waals surface area (Å²) in [4.78, 5) is 34.6. The van der Waals surface area contributed by atoms with Gasteiger partial charge in [0, 0.05) is 4.88 Å². The van der Waals surface area contributed by atoms with Gasteiger partial charge in [0.25, 0.3) is 5.56 Å². The molecule has 1 unspecified atom stereocenters. The first kappa shape index (κ1) is 20.0. The molecule has 27 heavy (non-hydrogen) atoms. The molecule has 0 N–H and O–H groups in total. The minimum absolute atomic E-state index is 0.0245. The van der Waals surface area contributed by atoms with Crippen LogP contribution in [0.15, 0.2) is 4.79 Å². The van der Waals surface area contributed by atoms with Crippen molar-refractivity contribution in [3.05, 3.63) is 26.6 Å². The van der Waals surface area contributed by atoms with Crippen molar-refractivity contribution in [3.63, 3.8) is 0 Å². The maximum absolute atomic E-state index is 13.3. The maximum Gasteiger partial charge on any atom is 0.329 e. The molecule has 0 aromatic carbocycles. The summed E-state index contributed by atoms with van der Waals surface area (Å²) >= 11 is 1.53. The highest BCUT2D eigenvalue weighted by Crippen LogP contribution is 2.28. The number of esters is 1. The first-order valence-corrected chi connectivity index (χ1v) is 10.5. The summed E-state index contributed by atoms with van der Waals surface area (Å²) in [6.07, 6.45) is 5.20. The molecule has 148 valence electrons. The van der Waals surface area contributed by atoms with Crippen LogP contribution in [0.2, 0.25) is 0 Å². The van der Waals surface area contributed by atoms with E-state index in [4.69, 9.17) is 9.72 Å². The van der Waals surface area contributed by atoms with Crippen LogP contribution in [-0.2, 0) is 16.1 Å². The number of hydrogen-bond donors (Lipinski definition) is 0. The van der Waals surface area contributed by atoms with Gasteiger partial charge >= 0.3 is 5.97 Å². The van der Waals surface area contributed by atoms with Crippen molar-refractivity contribution in [2.24, 2.45) is 0 Å². The zero-order valence-electron chi connectivity index (χ0n) is 16.9. The smallest absolute Gasteiger partial charge is 0.329 e. The zero-order chi connectivity index (χ0) is 19.7. The molecule has 0 radical (unpaired) electrons. The Kier molecular flexibility index (Phi) is 6.01. The summed E-state index contributed by atoms with van der Waals surface area (Å²) in [6.45, 7) is 6.17. The summed E-state index contributed by atoms with van der Waals surface area (Å²) in [7, 11) is 3.85. The van der Waals surface area contributed by atoms with Gasteiger partial charge in [-0.3, -0.25) is 9.36 Å². The molecule has 2 aromatic heterocycles. The van der Waals surface area contributed by atoms with Gasteiger partial charge in [-0.2, -0.15) is 0 Å². The SMILES string of the molecule is Cc1sc2nc(CN(C)C)n(C(C)C(=O)OC3CCCCC3)c(=O)c2c1C. The molecule has 0 amide bonds. The van der Waals surface area contributed by atoms with E-state index in [0.717, 1.165) is 41.0 Å². The van der Waals surface area contributed by atoms with Crippen LogP contribution in [0.3, 0.4) is 0 Å². The Hall–Kier alpha value is -1.73. The molecule has 1 aliphatic rings. The number of rotatable bonds is 5. The van der Waals surface area contributed by atoms with E-state index in [9.17, 15) is 9.59 Å². The lowest BCUT2D eigenvalue weighted by Crippen LogP contribution is -2.36. The first-order valence-electron chi connectivity index (χ1n) is 9.66. The molecule has 1 saturated carbocycles. The van der Waals surface area contributed by atoms with Crippen LogP contribution in [0.25, 0.3) is 10.2 Å². The number of aromatic nitrogens is 2. The zero-order valence-corrected chi connectivity index (χ0v) is 17.7. The van der Waals surface area contributed by atoms with Crippen molar-refractivity contribution >= 4 is 27.5 Å². The predicted octanol–water partition coefficient (Wildman–Crippen LogP) is 3.57. The van der Waals surface area contributed by atoms with Crippen LogP contribution in [0.4, 0.5) is 0 Å². The number of carbonyl (C=O) groups is 1. The van der Waals surface area contributed by atoms with E-state index in [2.05, 4.69) is 0 Å². The Bertz CT molecular complexity index is 894. The Labute approximate surface area is 164 Å². The summed E-state index contributed by atoms with van der Waals surface area (Å²) in [5.74, 6) is 0.265. The number of ether oxygens (including phenoxy) is 1. The number of hydrogen-bond acceptors (Lipinski definition) is 6. The molecule has 3 rings (SSSR count). The fourth-order valence-electron chi connectivity index (χ4n) is 3.69. The summed E-state index contributed by atoms with van der Waals surface area (Å²) in [5, 5.41) is 0.623. The Morgan fingerprint density at radius 3 is 2.59 bits per heavy atom. The summed E-state index contributed by atoms with van der Waals surface area (Å²) in [6, 6.07) is -0.689. The van der Waals surface area contributed by atoms with Crippen LogP contribution < -0.4 is 5.56 Å². The van der Waals surface area contributed by atoms with Crippen LogP contribution in [0, 0.1) is 13.8 Å². The second-order valence-corrected chi connectivity index (χ2v) is 8.98. The van der Waals surface area contributed by atoms with E-state index in [1.165, 1.54) is 22.3 Å². The van der Waals surface area contributed by atoms with E-state index < -0.39 is 6.04 Å². The molecule has 7 heteroatoms. The minimum atomic E-state index is -0.689. The van der Waals surface area contributed by atoms with Gasteiger partial charge in [-0.15, -0.1) is 11.3 Å². The second kappa shape index (κ2) is 8.10. The third kappa shape index (κ3) is 4.09. The van der Waals surface area contributed by atoms with Crippen LogP contribution in [-0.4, -0.2) is 40.6 Å². The fourth-order valence-corrected chi connectivity index (χ4v) is 4.73. The molecule has 2 aromatic rings. The minimum Gasteiger partial charge on any atom is -0.461 e. The molecule has 0 spiro atoms. The third-order valence-corrected chi connectivity index (χ3v) is 6.43. The monoisotopic (exact) mass is 391 g/mol. The van der Waals surface area contributed by atoms with Crippen LogP contribution >= 0.6 is 11.3 Å². The molecule has 1 atom stereocenters. The van der Waals surface area contributed by atoms with Gasteiger partial charge in [-0.25, -0.2) is 9.78 Å². The lowest BCUT2D eigenvalue weighted by Gasteiger charge is -2.25. The molecule has 2 heterocycles. The normalized spacial score (nSPS) is 16.8. The van der Waals surface area contributed by atoms with Crippen molar-refractivity contribution in [3.8, 4) is 0 Å². The van der Waals surface area contributed by atoms with Crippen molar-refractivity contribution in [2.75, 3.05) is 14.1 Å². The Morgan fingerprint density at radius 2 is 1.96 bits per heavy atom. The number of carbonyl (C=O) groups excluding carboxylic acids is 1. The average molecular weight is 392 g/mol. The lowest BCUT2D eigenvalue weighted by atomic mass is 9.98. The van der Waals surface area contributed by atoms with E-state index >= 15 is 0 Å². The number of nitrogens with zero attached hydrogens (tertiary/aromatic N) is 3. The van der Waals surface area contributed by atoms with Gasteiger partial charge in [0.2, 0.25) is 0 Å². The maximum atomic E-state index is 13.3. The van der Waals surface area contributed by atoms with Crippen LogP contribution in [0.1, 0.15) is 61.3 Å². The fraction of sp³-hybridized carbons (Fsp3) is 0.650. The highest BCUT2D eigenvalue weighted by molar-refractivity contribution is 7.18. The quantitative estimate of drug-likeness (QED) is 0.729. The Morgan fingerprint density at radius 1 is 1.30 bits per heavy atom. The molecular weight excluding hydrogens is 362 g/mol. The first-order chi connectivity index (χ1) is 12.8. The van der Waals surface area contributed by atoms with E-state index in [0.29, 0.717) is 17.8 Å². The summed E-state index contributed by atoms with van der Waals surface area (Å²) in [5.41, 5.74) is 0.803. The van der Waals surface area contributed by atoms with Gasteiger partial charge in [0.15, 0.2) is 0 Å². The van der Waals surface area contributed by atoms with Gasteiger partial charge in [0.1, 0.15) is 22.8 Å². The number of fused-ring (bicyclic) bond motifs is 1. The average Bonchev–Trinajstić information content (AvgIpc) is 2.89. The largest absolute Gasteiger partial charge is 0.461 e.